The number of guanidine groups is 1. The highest BCUT2D eigenvalue weighted by Gasteiger charge is 2.19. The Kier molecular flexibility index (Phi) is 5.53. The molecule has 134 valence electrons. The number of hydrogen-bond donors (Lipinski definition) is 1. The summed E-state index contributed by atoms with van der Waals surface area (Å²) in [7, 11) is 0. The lowest BCUT2D eigenvalue weighted by Gasteiger charge is -2.36. The van der Waals surface area contributed by atoms with Gasteiger partial charge in [0.2, 0.25) is 0 Å². The minimum absolute atomic E-state index is 0.205. The molecule has 0 amide bonds. The minimum Gasteiger partial charge on any atom is -0.370 e. The first-order valence-corrected chi connectivity index (χ1v) is 9.32. The molecule has 1 aliphatic heterocycles. The first kappa shape index (κ1) is 17.7. The van der Waals surface area contributed by atoms with Crippen molar-refractivity contribution in [2.45, 2.75) is 19.8 Å². The van der Waals surface area contributed by atoms with E-state index in [-0.39, 0.29) is 11.7 Å². The van der Waals surface area contributed by atoms with E-state index in [1.54, 1.807) is 11.3 Å². The molecule has 0 radical (unpaired) electrons. The number of anilines is 1. The van der Waals surface area contributed by atoms with Crippen LogP contribution in [0, 0.1) is 12.7 Å². The van der Waals surface area contributed by atoms with Gasteiger partial charge in [0.25, 0.3) is 0 Å². The number of benzene rings is 1. The van der Waals surface area contributed by atoms with E-state index in [4.69, 9.17) is 5.73 Å². The Morgan fingerprint density at radius 2 is 1.96 bits per heavy atom. The molecule has 1 atom stereocenters. The molecule has 0 aliphatic carbocycles. The van der Waals surface area contributed by atoms with Gasteiger partial charge in [0.1, 0.15) is 5.82 Å². The topological polar surface area (TPSA) is 57.8 Å². The van der Waals surface area contributed by atoms with Gasteiger partial charge in [-0.05, 0) is 31.2 Å². The number of thiazole rings is 1. The summed E-state index contributed by atoms with van der Waals surface area (Å²) in [5.74, 6) is 0.667. The SMILES string of the molecule is Cc1cnc(C(C)CN=C(N)N2CCN(c3ccc(F)cc3)CC2)s1. The highest BCUT2D eigenvalue weighted by atomic mass is 32.1. The molecule has 0 saturated carbocycles. The first-order chi connectivity index (χ1) is 12.0. The van der Waals surface area contributed by atoms with Gasteiger partial charge in [-0.15, -0.1) is 11.3 Å². The highest BCUT2D eigenvalue weighted by Crippen LogP contribution is 2.21. The van der Waals surface area contributed by atoms with Crippen LogP contribution in [0.2, 0.25) is 0 Å². The van der Waals surface area contributed by atoms with E-state index in [2.05, 4.69) is 33.6 Å². The molecule has 1 saturated heterocycles. The van der Waals surface area contributed by atoms with Crippen molar-refractivity contribution in [2.24, 2.45) is 10.7 Å². The van der Waals surface area contributed by atoms with Gasteiger partial charge in [0.05, 0.1) is 11.6 Å². The number of halogens is 1. The molecule has 2 N–H and O–H groups in total. The van der Waals surface area contributed by atoms with Crippen LogP contribution in [0.25, 0.3) is 0 Å². The number of piperazine rings is 1. The van der Waals surface area contributed by atoms with Gasteiger partial charge >= 0.3 is 0 Å². The number of hydrogen-bond acceptors (Lipinski definition) is 4. The van der Waals surface area contributed by atoms with Crippen molar-refractivity contribution in [3.05, 3.63) is 46.2 Å². The molecule has 5 nitrogen and oxygen atoms in total. The van der Waals surface area contributed by atoms with Gasteiger partial charge in [-0.3, -0.25) is 4.99 Å². The van der Waals surface area contributed by atoms with Gasteiger partial charge < -0.3 is 15.5 Å². The molecule has 0 spiro atoms. The van der Waals surface area contributed by atoms with Crippen LogP contribution in [-0.2, 0) is 0 Å². The van der Waals surface area contributed by atoms with Gasteiger partial charge in [0, 0.05) is 48.9 Å². The zero-order valence-corrected chi connectivity index (χ0v) is 15.5. The number of aliphatic imine (C=N–C) groups is 1. The summed E-state index contributed by atoms with van der Waals surface area (Å²) >= 11 is 1.71. The second kappa shape index (κ2) is 7.82. The fourth-order valence-electron chi connectivity index (χ4n) is 2.85. The van der Waals surface area contributed by atoms with Crippen LogP contribution in [0.15, 0.2) is 35.5 Å². The second-order valence-corrected chi connectivity index (χ2v) is 7.63. The molecule has 1 aliphatic rings. The summed E-state index contributed by atoms with van der Waals surface area (Å²) in [6.45, 7) is 8.17. The van der Waals surface area contributed by atoms with Gasteiger partial charge in [0.15, 0.2) is 5.96 Å². The molecule has 2 aromatic rings. The third kappa shape index (κ3) is 4.48. The average Bonchev–Trinajstić information content (AvgIpc) is 3.07. The van der Waals surface area contributed by atoms with E-state index in [0.717, 1.165) is 36.9 Å². The van der Waals surface area contributed by atoms with Gasteiger partial charge in [-0.2, -0.15) is 0 Å². The number of nitrogens with zero attached hydrogens (tertiary/aromatic N) is 4. The third-order valence-corrected chi connectivity index (χ3v) is 5.53. The largest absolute Gasteiger partial charge is 0.370 e. The van der Waals surface area contributed by atoms with Crippen molar-refractivity contribution in [1.82, 2.24) is 9.88 Å². The molecule has 1 unspecified atom stereocenters. The van der Waals surface area contributed by atoms with Crippen LogP contribution in [-0.4, -0.2) is 48.6 Å². The smallest absolute Gasteiger partial charge is 0.191 e. The molecule has 7 heteroatoms. The lowest BCUT2D eigenvalue weighted by Crippen LogP contribution is -2.51. The van der Waals surface area contributed by atoms with E-state index in [1.807, 2.05) is 18.3 Å². The van der Waals surface area contributed by atoms with Crippen LogP contribution < -0.4 is 10.6 Å². The summed E-state index contributed by atoms with van der Waals surface area (Å²) in [4.78, 5) is 14.5. The Morgan fingerprint density at radius 3 is 2.56 bits per heavy atom. The predicted octanol–water partition coefficient (Wildman–Crippen LogP) is 2.83. The zero-order valence-electron chi connectivity index (χ0n) is 14.7. The minimum atomic E-state index is -0.205. The number of nitrogens with two attached hydrogens (primary N) is 1. The summed E-state index contributed by atoms with van der Waals surface area (Å²) in [5, 5.41) is 1.11. The standard InChI is InChI=1S/C18H24FN5S/c1-13(17-21-12-14(2)25-17)11-22-18(20)24-9-7-23(8-10-24)16-5-3-15(19)4-6-16/h3-6,12-13H,7-11H2,1-2H3,(H2,20,22). The number of aromatic nitrogens is 1. The maximum absolute atomic E-state index is 13.0. The summed E-state index contributed by atoms with van der Waals surface area (Å²) < 4.78 is 13.0. The van der Waals surface area contributed by atoms with Crippen molar-refractivity contribution in [3.8, 4) is 0 Å². The quantitative estimate of drug-likeness (QED) is 0.672. The zero-order chi connectivity index (χ0) is 17.8. The Morgan fingerprint density at radius 1 is 1.28 bits per heavy atom. The Balaban J connectivity index is 1.52. The van der Waals surface area contributed by atoms with Crippen LogP contribution in [0.4, 0.5) is 10.1 Å². The first-order valence-electron chi connectivity index (χ1n) is 8.50. The predicted molar refractivity (Wildman–Crippen MR) is 102 cm³/mol. The maximum Gasteiger partial charge on any atom is 0.191 e. The Bertz CT molecular complexity index is 719. The van der Waals surface area contributed by atoms with E-state index in [0.29, 0.717) is 12.5 Å². The summed E-state index contributed by atoms with van der Waals surface area (Å²) in [6.07, 6.45) is 1.90. The van der Waals surface area contributed by atoms with Crippen LogP contribution in [0.1, 0.15) is 22.7 Å². The molecule has 1 aromatic heterocycles. The Labute approximate surface area is 152 Å². The van der Waals surface area contributed by atoms with Gasteiger partial charge in [-0.1, -0.05) is 6.92 Å². The summed E-state index contributed by atoms with van der Waals surface area (Å²) in [5.41, 5.74) is 7.22. The molecule has 25 heavy (non-hydrogen) atoms. The molecule has 2 heterocycles. The van der Waals surface area contributed by atoms with E-state index >= 15 is 0 Å². The van der Waals surface area contributed by atoms with E-state index in [9.17, 15) is 4.39 Å². The van der Waals surface area contributed by atoms with E-state index < -0.39 is 0 Å². The van der Waals surface area contributed by atoms with Crippen LogP contribution in [0.5, 0.6) is 0 Å². The Hall–Kier alpha value is -2.15. The number of rotatable bonds is 4. The highest BCUT2D eigenvalue weighted by molar-refractivity contribution is 7.11. The molecular weight excluding hydrogens is 337 g/mol. The third-order valence-electron chi connectivity index (χ3n) is 4.38. The van der Waals surface area contributed by atoms with Crippen LogP contribution >= 0.6 is 11.3 Å². The van der Waals surface area contributed by atoms with Crippen molar-refractivity contribution < 1.29 is 4.39 Å². The lowest BCUT2D eigenvalue weighted by molar-refractivity contribution is 0.380. The normalized spacial score (nSPS) is 17.0. The lowest BCUT2D eigenvalue weighted by atomic mass is 10.2. The molecular formula is C18H24FN5S. The average molecular weight is 361 g/mol. The van der Waals surface area contributed by atoms with Gasteiger partial charge in [-0.25, -0.2) is 9.37 Å². The fourth-order valence-corrected chi connectivity index (χ4v) is 3.67. The molecule has 0 bridgehead atoms. The van der Waals surface area contributed by atoms with Crippen LogP contribution in [0.3, 0.4) is 0 Å². The van der Waals surface area contributed by atoms with Crippen molar-refractivity contribution >= 4 is 23.0 Å². The van der Waals surface area contributed by atoms with Crippen molar-refractivity contribution in [3.63, 3.8) is 0 Å². The summed E-state index contributed by atoms with van der Waals surface area (Å²) in [6, 6.07) is 6.64. The van der Waals surface area contributed by atoms with Crippen molar-refractivity contribution in [2.75, 3.05) is 37.6 Å². The monoisotopic (exact) mass is 361 g/mol. The molecule has 1 aromatic carbocycles. The molecule has 3 rings (SSSR count). The second-order valence-electron chi connectivity index (χ2n) is 6.36. The number of aryl methyl sites for hydroxylation is 1. The van der Waals surface area contributed by atoms with Crippen molar-refractivity contribution in [1.29, 1.82) is 0 Å². The maximum atomic E-state index is 13.0. The fraction of sp³-hybridized carbons (Fsp3) is 0.444. The van der Waals surface area contributed by atoms with E-state index in [1.165, 1.54) is 17.0 Å². The molecule has 1 fully saturated rings.